The molecule has 0 bridgehead atoms. The number of hydrogen-bond acceptors (Lipinski definition) is 2. The van der Waals surface area contributed by atoms with E-state index in [4.69, 9.17) is 0 Å². The van der Waals surface area contributed by atoms with E-state index in [1.54, 1.807) is 30.3 Å². The molecule has 0 fully saturated rings. The molecule has 108 valence electrons. The van der Waals surface area contributed by atoms with Crippen molar-refractivity contribution in [1.29, 1.82) is 0 Å². The van der Waals surface area contributed by atoms with E-state index in [-0.39, 0.29) is 22.7 Å². The van der Waals surface area contributed by atoms with Crippen molar-refractivity contribution in [2.24, 2.45) is 0 Å². The predicted octanol–water partition coefficient (Wildman–Crippen LogP) is 2.75. The van der Waals surface area contributed by atoms with Gasteiger partial charge in [-0.05, 0) is 31.2 Å². The van der Waals surface area contributed by atoms with Crippen LogP contribution in [0.1, 0.15) is 26.3 Å². The Hall–Kier alpha value is -2.69. The maximum absolute atomic E-state index is 13.7. The van der Waals surface area contributed by atoms with Gasteiger partial charge < -0.3 is 10.6 Å². The summed E-state index contributed by atoms with van der Waals surface area (Å²) >= 11 is 0. The zero-order valence-corrected chi connectivity index (χ0v) is 11.7. The minimum atomic E-state index is -0.481. The van der Waals surface area contributed by atoms with Crippen LogP contribution in [0.2, 0.25) is 0 Å². The predicted molar refractivity (Wildman–Crippen MR) is 78.9 cm³/mol. The molecule has 4 nitrogen and oxygen atoms in total. The van der Waals surface area contributed by atoms with Gasteiger partial charge in [0, 0.05) is 18.2 Å². The fraction of sp³-hybridized carbons (Fsp3) is 0.125. The molecule has 0 heterocycles. The van der Waals surface area contributed by atoms with E-state index < -0.39 is 11.7 Å². The molecule has 2 aromatic rings. The highest BCUT2D eigenvalue weighted by molar-refractivity contribution is 6.09. The first-order chi connectivity index (χ1) is 10.0. The van der Waals surface area contributed by atoms with Gasteiger partial charge >= 0.3 is 0 Å². The summed E-state index contributed by atoms with van der Waals surface area (Å²) in [7, 11) is 1.48. The third-order valence-corrected chi connectivity index (χ3v) is 3.15. The van der Waals surface area contributed by atoms with Gasteiger partial charge in [-0.2, -0.15) is 0 Å². The van der Waals surface area contributed by atoms with Crippen molar-refractivity contribution in [3.63, 3.8) is 0 Å². The molecule has 0 unspecified atom stereocenters. The van der Waals surface area contributed by atoms with E-state index in [1.807, 2.05) is 0 Å². The topological polar surface area (TPSA) is 58.2 Å². The monoisotopic (exact) mass is 286 g/mol. The molecule has 0 atom stereocenters. The molecule has 2 rings (SSSR count). The van der Waals surface area contributed by atoms with Crippen LogP contribution in [-0.4, -0.2) is 18.9 Å². The lowest BCUT2D eigenvalue weighted by Crippen LogP contribution is -2.22. The fourth-order valence-electron chi connectivity index (χ4n) is 1.95. The summed E-state index contributed by atoms with van der Waals surface area (Å²) < 4.78 is 13.7. The third-order valence-electron chi connectivity index (χ3n) is 3.15. The largest absolute Gasteiger partial charge is 0.355 e. The Morgan fingerprint density at radius 2 is 1.67 bits per heavy atom. The first-order valence-corrected chi connectivity index (χ1v) is 6.42. The zero-order valence-electron chi connectivity index (χ0n) is 11.7. The maximum atomic E-state index is 13.7. The average Bonchev–Trinajstić information content (AvgIpc) is 2.52. The Labute approximate surface area is 122 Å². The van der Waals surface area contributed by atoms with Crippen LogP contribution in [0, 0.1) is 12.7 Å². The zero-order chi connectivity index (χ0) is 15.4. The van der Waals surface area contributed by atoms with Gasteiger partial charge in [-0.15, -0.1) is 0 Å². The van der Waals surface area contributed by atoms with Gasteiger partial charge in [0.25, 0.3) is 11.8 Å². The van der Waals surface area contributed by atoms with E-state index in [1.165, 1.54) is 26.1 Å². The van der Waals surface area contributed by atoms with Crippen LogP contribution in [0.15, 0.2) is 42.5 Å². The Morgan fingerprint density at radius 3 is 2.29 bits per heavy atom. The number of rotatable bonds is 3. The van der Waals surface area contributed by atoms with Gasteiger partial charge in [0.2, 0.25) is 0 Å². The van der Waals surface area contributed by atoms with Gasteiger partial charge in [0.15, 0.2) is 0 Å². The van der Waals surface area contributed by atoms with Crippen LogP contribution in [0.5, 0.6) is 0 Å². The van der Waals surface area contributed by atoms with Crippen LogP contribution in [0.3, 0.4) is 0 Å². The number of hydrogen-bond donors (Lipinski definition) is 2. The molecule has 0 saturated heterocycles. The van der Waals surface area contributed by atoms with Gasteiger partial charge in [0.05, 0.1) is 11.3 Å². The first kappa shape index (κ1) is 14.7. The summed E-state index contributed by atoms with van der Waals surface area (Å²) in [5.74, 6) is -1.26. The number of carbonyl (C=O) groups is 2. The summed E-state index contributed by atoms with van der Waals surface area (Å²) in [6.45, 7) is 1.52. The molecule has 5 heteroatoms. The van der Waals surface area contributed by atoms with Crippen molar-refractivity contribution in [3.8, 4) is 0 Å². The van der Waals surface area contributed by atoms with Crippen LogP contribution < -0.4 is 10.6 Å². The van der Waals surface area contributed by atoms with Gasteiger partial charge in [-0.3, -0.25) is 9.59 Å². The second kappa shape index (κ2) is 6.17. The van der Waals surface area contributed by atoms with Gasteiger partial charge in [-0.25, -0.2) is 4.39 Å². The lowest BCUT2D eigenvalue weighted by atomic mass is 10.1. The highest BCUT2D eigenvalue weighted by Gasteiger charge is 2.17. The molecule has 2 aromatic carbocycles. The number of amides is 2. The summed E-state index contributed by atoms with van der Waals surface area (Å²) in [4.78, 5) is 24.0. The highest BCUT2D eigenvalue weighted by atomic mass is 19.1. The first-order valence-electron chi connectivity index (χ1n) is 6.42. The molecular weight excluding hydrogens is 271 g/mol. The molecule has 0 spiro atoms. The van der Waals surface area contributed by atoms with Gasteiger partial charge in [0.1, 0.15) is 5.82 Å². The normalized spacial score (nSPS) is 10.0. The minimum Gasteiger partial charge on any atom is -0.355 e. The second-order valence-corrected chi connectivity index (χ2v) is 4.49. The van der Waals surface area contributed by atoms with Crippen LogP contribution in [0.25, 0.3) is 0 Å². The Kier molecular flexibility index (Phi) is 4.33. The fourth-order valence-corrected chi connectivity index (χ4v) is 1.95. The molecule has 0 aliphatic heterocycles. The number of nitrogens with one attached hydrogen (secondary N) is 2. The van der Waals surface area contributed by atoms with Crippen molar-refractivity contribution >= 4 is 17.5 Å². The van der Waals surface area contributed by atoms with E-state index >= 15 is 0 Å². The minimum absolute atomic E-state index is 0.184. The van der Waals surface area contributed by atoms with E-state index in [9.17, 15) is 14.0 Å². The van der Waals surface area contributed by atoms with E-state index in [0.717, 1.165) is 0 Å². The van der Waals surface area contributed by atoms with Crippen molar-refractivity contribution in [3.05, 3.63) is 65.0 Å². The molecule has 0 saturated carbocycles. The lowest BCUT2D eigenvalue weighted by molar-refractivity contribution is 0.0964. The van der Waals surface area contributed by atoms with E-state index in [0.29, 0.717) is 5.56 Å². The molecule has 21 heavy (non-hydrogen) atoms. The number of carbonyl (C=O) groups excluding carboxylic acids is 2. The highest BCUT2D eigenvalue weighted by Crippen LogP contribution is 2.24. The van der Waals surface area contributed by atoms with Crippen LogP contribution >= 0.6 is 0 Å². The third kappa shape index (κ3) is 3.08. The second-order valence-electron chi connectivity index (χ2n) is 4.49. The van der Waals surface area contributed by atoms with Gasteiger partial charge in [-0.1, -0.05) is 18.2 Å². The summed E-state index contributed by atoms with van der Waals surface area (Å²) in [6, 6.07) is 11.1. The van der Waals surface area contributed by atoms with Crippen LogP contribution in [-0.2, 0) is 0 Å². The molecule has 0 radical (unpaired) electrons. The van der Waals surface area contributed by atoms with Crippen molar-refractivity contribution in [2.45, 2.75) is 6.92 Å². The lowest BCUT2D eigenvalue weighted by Gasteiger charge is -2.13. The molecule has 2 amide bonds. The maximum Gasteiger partial charge on any atom is 0.255 e. The van der Waals surface area contributed by atoms with Crippen LogP contribution in [0.4, 0.5) is 10.1 Å². The molecule has 2 N–H and O–H groups in total. The van der Waals surface area contributed by atoms with Crippen molar-refractivity contribution < 1.29 is 14.0 Å². The summed E-state index contributed by atoms with van der Waals surface area (Å²) in [5, 5.41) is 5.08. The average molecular weight is 286 g/mol. The Morgan fingerprint density at radius 1 is 1.00 bits per heavy atom. The number of halogens is 1. The standard InChI is InChI=1S/C16H15FN2O2/c1-10-13(17)9-8-12(16(21)18-2)14(10)19-15(20)11-6-4-3-5-7-11/h3-9H,1-2H3,(H,18,21)(H,19,20). The molecule has 0 aliphatic carbocycles. The van der Waals surface area contributed by atoms with Crippen molar-refractivity contribution in [2.75, 3.05) is 12.4 Å². The molecular formula is C16H15FN2O2. The SMILES string of the molecule is CNC(=O)c1ccc(F)c(C)c1NC(=O)c1ccccc1. The summed E-state index contributed by atoms with van der Waals surface area (Å²) in [5.41, 5.74) is 1.06. The smallest absolute Gasteiger partial charge is 0.255 e. The Balaban J connectivity index is 2.41. The molecule has 0 aliphatic rings. The number of anilines is 1. The quantitative estimate of drug-likeness (QED) is 0.911. The van der Waals surface area contributed by atoms with Crippen molar-refractivity contribution in [1.82, 2.24) is 5.32 Å². The summed E-state index contributed by atoms with van der Waals surface area (Å²) in [6.07, 6.45) is 0. The number of benzene rings is 2. The van der Waals surface area contributed by atoms with E-state index in [2.05, 4.69) is 10.6 Å². The Bertz CT molecular complexity index is 684. The molecule has 0 aromatic heterocycles.